The molecule has 3 heteroatoms. The van der Waals surface area contributed by atoms with Crippen LogP contribution in [-0.4, -0.2) is 16.9 Å². The molecule has 0 saturated heterocycles. The summed E-state index contributed by atoms with van der Waals surface area (Å²) in [5, 5.41) is 12.7. The molecule has 3 rings (SSSR count). The summed E-state index contributed by atoms with van der Waals surface area (Å²) in [6.45, 7) is 3.98. The Morgan fingerprint density at radius 1 is 0.741 bits per heavy atom. The molecule has 0 unspecified atom stereocenters. The van der Waals surface area contributed by atoms with Gasteiger partial charge in [0.25, 0.3) is 0 Å². The van der Waals surface area contributed by atoms with Crippen LogP contribution >= 0.6 is 7.14 Å². The maximum absolute atomic E-state index is 14.7. The van der Waals surface area contributed by atoms with Gasteiger partial charge < -0.3 is 9.67 Å². The minimum Gasteiger partial charge on any atom is -0.392 e. The summed E-state index contributed by atoms with van der Waals surface area (Å²) < 4.78 is 14.7. The maximum Gasteiger partial charge on any atom is 0.149 e. The van der Waals surface area contributed by atoms with E-state index in [9.17, 15) is 9.67 Å². The molecule has 2 nitrogen and oxygen atoms in total. The van der Waals surface area contributed by atoms with Gasteiger partial charge >= 0.3 is 0 Å². The zero-order chi connectivity index (χ0) is 19.3. The molecule has 0 radical (unpaired) electrons. The minimum absolute atomic E-state index is 0.0134. The lowest BCUT2D eigenvalue weighted by atomic mass is 9.99. The van der Waals surface area contributed by atoms with Crippen LogP contribution in [0.15, 0.2) is 91.0 Å². The second-order valence-corrected chi connectivity index (χ2v) is 10.3. The first-order valence-electron chi connectivity index (χ1n) is 9.46. The van der Waals surface area contributed by atoms with E-state index in [0.717, 1.165) is 16.2 Å². The van der Waals surface area contributed by atoms with Crippen molar-refractivity contribution in [2.75, 3.05) is 0 Å². The van der Waals surface area contributed by atoms with Crippen LogP contribution in [0, 0.1) is 5.92 Å². The number of benzene rings is 3. The van der Waals surface area contributed by atoms with Gasteiger partial charge in [-0.3, -0.25) is 0 Å². The molecule has 3 aromatic rings. The highest BCUT2D eigenvalue weighted by Crippen LogP contribution is 2.52. The molecule has 0 aliphatic rings. The Morgan fingerprint density at radius 2 is 1.15 bits per heavy atom. The Kier molecular flexibility index (Phi) is 6.31. The fourth-order valence-electron chi connectivity index (χ4n) is 3.60. The van der Waals surface area contributed by atoms with Gasteiger partial charge in [-0.1, -0.05) is 105 Å². The topological polar surface area (TPSA) is 37.3 Å². The summed E-state index contributed by atoms with van der Waals surface area (Å²) in [5.41, 5.74) is 0.707. The minimum atomic E-state index is -3.06. The lowest BCUT2D eigenvalue weighted by molar-refractivity contribution is 0.119. The van der Waals surface area contributed by atoms with Gasteiger partial charge in [-0.05, 0) is 17.9 Å². The Balaban J connectivity index is 2.17. The van der Waals surface area contributed by atoms with Gasteiger partial charge in [0, 0.05) is 10.6 Å². The van der Waals surface area contributed by atoms with Gasteiger partial charge in [0.05, 0.1) is 11.8 Å². The van der Waals surface area contributed by atoms with Crippen LogP contribution in [0.3, 0.4) is 0 Å². The molecule has 2 atom stereocenters. The molecule has 0 amide bonds. The molecule has 1 N–H and O–H groups in total. The zero-order valence-electron chi connectivity index (χ0n) is 15.9. The highest BCUT2D eigenvalue weighted by atomic mass is 31.2. The Labute approximate surface area is 162 Å². The molecule has 27 heavy (non-hydrogen) atoms. The molecule has 0 spiro atoms. The van der Waals surface area contributed by atoms with Crippen molar-refractivity contribution in [2.45, 2.75) is 32.0 Å². The molecule has 0 heterocycles. The highest BCUT2D eigenvalue weighted by Gasteiger charge is 2.41. The molecular weight excluding hydrogens is 351 g/mol. The van der Waals surface area contributed by atoms with E-state index in [1.807, 2.05) is 105 Å². The third-order valence-electron chi connectivity index (χ3n) is 5.11. The molecule has 140 valence electrons. The first-order valence-corrected chi connectivity index (χ1v) is 11.2. The fraction of sp³-hybridized carbons (Fsp3) is 0.250. The predicted octanol–water partition coefficient (Wildman–Crippen LogP) is 4.63. The van der Waals surface area contributed by atoms with Crippen LogP contribution in [0.1, 0.15) is 19.4 Å². The van der Waals surface area contributed by atoms with Crippen molar-refractivity contribution in [2.24, 2.45) is 5.92 Å². The summed E-state index contributed by atoms with van der Waals surface area (Å²) in [4.78, 5) is 0. The SMILES string of the molecule is CC(C)[C@@H](O)[C@H](Cc1ccccc1)P(=O)(c1ccccc1)c1ccccc1. The molecule has 0 bridgehead atoms. The van der Waals surface area contributed by atoms with Gasteiger partial charge in [-0.2, -0.15) is 0 Å². The molecule has 0 aliphatic heterocycles. The normalized spacial score (nSPS) is 14.1. The van der Waals surface area contributed by atoms with Crippen molar-refractivity contribution in [3.05, 3.63) is 96.6 Å². The summed E-state index contributed by atoms with van der Waals surface area (Å²) in [7, 11) is -3.06. The van der Waals surface area contributed by atoms with Crippen molar-refractivity contribution < 1.29 is 9.67 Å². The van der Waals surface area contributed by atoms with Gasteiger partial charge in [-0.25, -0.2) is 0 Å². The van der Waals surface area contributed by atoms with Crippen molar-refractivity contribution in [3.63, 3.8) is 0 Å². The van der Waals surface area contributed by atoms with E-state index in [1.54, 1.807) is 0 Å². The van der Waals surface area contributed by atoms with Crippen LogP contribution in [0.5, 0.6) is 0 Å². The number of hydrogen-bond donors (Lipinski definition) is 1. The smallest absolute Gasteiger partial charge is 0.149 e. The zero-order valence-corrected chi connectivity index (χ0v) is 16.8. The standard InChI is InChI=1S/C24H27O2P/c1-19(2)24(25)23(18-20-12-6-3-7-13-20)27(26,21-14-8-4-9-15-21)22-16-10-5-11-17-22/h3-17,19,23-25H,18H2,1-2H3/t23-,24+/m0/s1. The van der Waals surface area contributed by atoms with E-state index in [1.165, 1.54) is 0 Å². The maximum atomic E-state index is 14.7. The lowest BCUT2D eigenvalue weighted by Gasteiger charge is -2.34. The van der Waals surface area contributed by atoms with Crippen LogP contribution in [0.4, 0.5) is 0 Å². The first kappa shape index (κ1) is 19.6. The third kappa shape index (κ3) is 4.24. The lowest BCUT2D eigenvalue weighted by Crippen LogP contribution is -2.39. The number of aliphatic hydroxyl groups excluding tert-OH is 1. The van der Waals surface area contributed by atoms with E-state index in [-0.39, 0.29) is 11.6 Å². The Morgan fingerprint density at radius 3 is 1.56 bits per heavy atom. The molecule has 0 aliphatic carbocycles. The fourth-order valence-corrected chi connectivity index (χ4v) is 7.13. The summed E-state index contributed by atoms with van der Waals surface area (Å²) >= 11 is 0. The first-order chi connectivity index (χ1) is 13.0. The van der Waals surface area contributed by atoms with Gasteiger partial charge in [-0.15, -0.1) is 0 Å². The van der Waals surface area contributed by atoms with Crippen LogP contribution in [0.25, 0.3) is 0 Å². The molecule has 0 saturated carbocycles. The van der Waals surface area contributed by atoms with Crippen LogP contribution < -0.4 is 10.6 Å². The Bertz CT molecular complexity index is 833. The van der Waals surface area contributed by atoms with E-state index >= 15 is 0 Å². The van der Waals surface area contributed by atoms with Crippen molar-refractivity contribution >= 4 is 17.8 Å². The molecular formula is C24H27O2P. The Hall–Kier alpha value is -2.15. The molecule has 3 aromatic carbocycles. The predicted molar refractivity (Wildman–Crippen MR) is 115 cm³/mol. The summed E-state index contributed by atoms with van der Waals surface area (Å²) in [5.74, 6) is 0.0134. The quantitative estimate of drug-likeness (QED) is 0.609. The molecule has 0 fully saturated rings. The van der Waals surface area contributed by atoms with E-state index < -0.39 is 13.2 Å². The average molecular weight is 378 g/mol. The van der Waals surface area contributed by atoms with Crippen LogP contribution in [-0.2, 0) is 11.0 Å². The average Bonchev–Trinajstić information content (AvgIpc) is 2.73. The van der Waals surface area contributed by atoms with E-state index in [4.69, 9.17) is 0 Å². The van der Waals surface area contributed by atoms with Crippen LogP contribution in [0.2, 0.25) is 0 Å². The van der Waals surface area contributed by atoms with Crippen molar-refractivity contribution in [3.8, 4) is 0 Å². The van der Waals surface area contributed by atoms with Crippen molar-refractivity contribution in [1.82, 2.24) is 0 Å². The second-order valence-electron chi connectivity index (χ2n) is 7.32. The summed E-state index contributed by atoms with van der Waals surface area (Å²) in [6.07, 6.45) is -0.0993. The summed E-state index contributed by atoms with van der Waals surface area (Å²) in [6, 6.07) is 29.3. The van der Waals surface area contributed by atoms with E-state index in [2.05, 4.69) is 0 Å². The molecule has 0 aromatic heterocycles. The largest absolute Gasteiger partial charge is 0.392 e. The van der Waals surface area contributed by atoms with E-state index in [0.29, 0.717) is 6.42 Å². The number of hydrogen-bond acceptors (Lipinski definition) is 2. The van der Waals surface area contributed by atoms with Crippen molar-refractivity contribution in [1.29, 1.82) is 0 Å². The highest BCUT2D eigenvalue weighted by molar-refractivity contribution is 7.79. The van der Waals surface area contributed by atoms with Gasteiger partial charge in [0.2, 0.25) is 0 Å². The number of aliphatic hydroxyl groups is 1. The third-order valence-corrected chi connectivity index (χ3v) is 8.66. The van der Waals surface area contributed by atoms with Gasteiger partial charge in [0.1, 0.15) is 7.14 Å². The second kappa shape index (κ2) is 8.69. The van der Waals surface area contributed by atoms with Gasteiger partial charge in [0.15, 0.2) is 0 Å². The number of rotatable bonds is 7. The monoisotopic (exact) mass is 378 g/mol.